The standard InChI is InChI=1S/C11H10N2O/c1-13-7-5-9(8-11(13)14)10-4-2-3-6-12-10/h2-8H,1H3. The molecule has 0 aliphatic carbocycles. The van der Waals surface area contributed by atoms with Crippen LogP contribution in [0.4, 0.5) is 0 Å². The van der Waals surface area contributed by atoms with Gasteiger partial charge in [0.25, 0.3) is 5.56 Å². The van der Waals surface area contributed by atoms with Gasteiger partial charge in [-0.15, -0.1) is 0 Å². The van der Waals surface area contributed by atoms with E-state index in [0.717, 1.165) is 11.3 Å². The summed E-state index contributed by atoms with van der Waals surface area (Å²) in [4.78, 5) is 15.5. The highest BCUT2D eigenvalue weighted by Gasteiger charge is 1.98. The summed E-state index contributed by atoms with van der Waals surface area (Å²) in [6.45, 7) is 0. The zero-order valence-electron chi connectivity index (χ0n) is 7.84. The van der Waals surface area contributed by atoms with Gasteiger partial charge in [-0.3, -0.25) is 9.78 Å². The van der Waals surface area contributed by atoms with E-state index in [-0.39, 0.29) is 5.56 Å². The highest BCUT2D eigenvalue weighted by Crippen LogP contribution is 2.12. The third-order valence-corrected chi connectivity index (χ3v) is 2.06. The fraction of sp³-hybridized carbons (Fsp3) is 0.0909. The van der Waals surface area contributed by atoms with Gasteiger partial charge in [0, 0.05) is 31.1 Å². The van der Waals surface area contributed by atoms with Gasteiger partial charge in [-0.2, -0.15) is 0 Å². The number of pyridine rings is 2. The van der Waals surface area contributed by atoms with E-state index in [4.69, 9.17) is 0 Å². The van der Waals surface area contributed by atoms with Crippen LogP contribution < -0.4 is 5.56 Å². The van der Waals surface area contributed by atoms with Gasteiger partial charge in [-0.05, 0) is 18.2 Å². The van der Waals surface area contributed by atoms with Gasteiger partial charge >= 0.3 is 0 Å². The zero-order valence-corrected chi connectivity index (χ0v) is 7.84. The Labute approximate surface area is 81.7 Å². The van der Waals surface area contributed by atoms with E-state index in [1.165, 1.54) is 4.57 Å². The highest BCUT2D eigenvalue weighted by molar-refractivity contribution is 5.57. The van der Waals surface area contributed by atoms with Crippen molar-refractivity contribution in [1.82, 2.24) is 9.55 Å². The molecule has 0 N–H and O–H groups in total. The van der Waals surface area contributed by atoms with E-state index >= 15 is 0 Å². The van der Waals surface area contributed by atoms with Gasteiger partial charge in [0.15, 0.2) is 0 Å². The quantitative estimate of drug-likeness (QED) is 0.675. The fourth-order valence-corrected chi connectivity index (χ4v) is 1.24. The van der Waals surface area contributed by atoms with Crippen LogP contribution in [0.3, 0.4) is 0 Å². The van der Waals surface area contributed by atoms with E-state index in [2.05, 4.69) is 4.98 Å². The minimum absolute atomic E-state index is 0.0202. The Hall–Kier alpha value is -1.90. The fourth-order valence-electron chi connectivity index (χ4n) is 1.24. The van der Waals surface area contributed by atoms with Crippen molar-refractivity contribution < 1.29 is 0 Å². The largest absolute Gasteiger partial charge is 0.319 e. The maximum absolute atomic E-state index is 11.3. The molecule has 0 bridgehead atoms. The van der Waals surface area contributed by atoms with E-state index in [0.29, 0.717) is 0 Å². The monoisotopic (exact) mass is 186 g/mol. The predicted molar refractivity (Wildman–Crippen MR) is 54.9 cm³/mol. The first kappa shape index (κ1) is 8.69. The van der Waals surface area contributed by atoms with Crippen LogP contribution in [0, 0.1) is 0 Å². The lowest BCUT2D eigenvalue weighted by Gasteiger charge is -2.00. The summed E-state index contributed by atoms with van der Waals surface area (Å²) in [7, 11) is 1.73. The Kier molecular flexibility index (Phi) is 2.14. The molecule has 0 saturated heterocycles. The Bertz CT molecular complexity index is 488. The van der Waals surface area contributed by atoms with Gasteiger partial charge in [-0.1, -0.05) is 6.07 Å². The number of aromatic nitrogens is 2. The van der Waals surface area contributed by atoms with Crippen molar-refractivity contribution in [3.63, 3.8) is 0 Å². The van der Waals surface area contributed by atoms with Crippen LogP contribution in [0.15, 0.2) is 47.5 Å². The van der Waals surface area contributed by atoms with Gasteiger partial charge in [0.2, 0.25) is 0 Å². The molecule has 0 saturated carbocycles. The number of nitrogens with zero attached hydrogens (tertiary/aromatic N) is 2. The van der Waals surface area contributed by atoms with E-state index in [9.17, 15) is 4.79 Å². The molecule has 3 heteroatoms. The smallest absolute Gasteiger partial charge is 0.250 e. The molecule has 2 rings (SSSR count). The van der Waals surface area contributed by atoms with Crippen LogP contribution in [0.2, 0.25) is 0 Å². The number of hydrogen-bond donors (Lipinski definition) is 0. The maximum atomic E-state index is 11.3. The first-order valence-corrected chi connectivity index (χ1v) is 4.35. The SMILES string of the molecule is Cn1ccc(-c2ccccn2)cc1=O. The van der Waals surface area contributed by atoms with Gasteiger partial charge in [-0.25, -0.2) is 0 Å². The lowest BCUT2D eigenvalue weighted by Crippen LogP contribution is -2.14. The van der Waals surface area contributed by atoms with Crippen molar-refractivity contribution >= 4 is 0 Å². The molecule has 2 heterocycles. The minimum atomic E-state index is -0.0202. The van der Waals surface area contributed by atoms with Crippen LogP contribution in [-0.2, 0) is 7.05 Å². The molecule has 14 heavy (non-hydrogen) atoms. The second-order valence-corrected chi connectivity index (χ2v) is 3.08. The van der Waals surface area contributed by atoms with Crippen molar-refractivity contribution in [1.29, 1.82) is 0 Å². The molecule has 2 aromatic heterocycles. The van der Waals surface area contributed by atoms with Crippen molar-refractivity contribution in [2.45, 2.75) is 0 Å². The zero-order chi connectivity index (χ0) is 9.97. The van der Waals surface area contributed by atoms with Crippen LogP contribution in [-0.4, -0.2) is 9.55 Å². The summed E-state index contributed by atoms with van der Waals surface area (Å²) in [5.74, 6) is 0. The Morgan fingerprint density at radius 2 is 2.14 bits per heavy atom. The van der Waals surface area contributed by atoms with Gasteiger partial charge in [0.1, 0.15) is 0 Å². The molecule has 0 fully saturated rings. The summed E-state index contributed by atoms with van der Waals surface area (Å²) in [6.07, 6.45) is 3.46. The first-order chi connectivity index (χ1) is 6.77. The molecule has 0 aliphatic heterocycles. The molecular weight excluding hydrogens is 176 g/mol. The number of rotatable bonds is 1. The molecule has 0 aliphatic rings. The van der Waals surface area contributed by atoms with Gasteiger partial charge < -0.3 is 4.57 Å². The molecule has 0 spiro atoms. The Morgan fingerprint density at radius 1 is 1.29 bits per heavy atom. The van der Waals surface area contributed by atoms with E-state index < -0.39 is 0 Å². The van der Waals surface area contributed by atoms with Crippen LogP contribution in [0.5, 0.6) is 0 Å². The predicted octanol–water partition coefficient (Wildman–Crippen LogP) is 1.45. The Morgan fingerprint density at radius 3 is 2.79 bits per heavy atom. The molecule has 0 atom stereocenters. The van der Waals surface area contributed by atoms with Crippen molar-refractivity contribution in [3.05, 3.63) is 53.1 Å². The molecule has 0 aromatic carbocycles. The second kappa shape index (κ2) is 3.46. The molecule has 70 valence electrons. The summed E-state index contributed by atoms with van der Waals surface area (Å²) in [6, 6.07) is 9.10. The second-order valence-electron chi connectivity index (χ2n) is 3.08. The summed E-state index contributed by atoms with van der Waals surface area (Å²) >= 11 is 0. The third kappa shape index (κ3) is 1.57. The molecule has 2 aromatic rings. The van der Waals surface area contributed by atoms with Crippen LogP contribution >= 0.6 is 0 Å². The highest BCUT2D eigenvalue weighted by atomic mass is 16.1. The van der Waals surface area contributed by atoms with Crippen LogP contribution in [0.25, 0.3) is 11.3 Å². The Balaban J connectivity index is 2.54. The topological polar surface area (TPSA) is 34.9 Å². The van der Waals surface area contributed by atoms with Crippen molar-refractivity contribution in [2.75, 3.05) is 0 Å². The number of hydrogen-bond acceptors (Lipinski definition) is 2. The molecule has 3 nitrogen and oxygen atoms in total. The lowest BCUT2D eigenvalue weighted by atomic mass is 10.2. The van der Waals surface area contributed by atoms with E-state index in [1.54, 1.807) is 25.5 Å². The van der Waals surface area contributed by atoms with Crippen molar-refractivity contribution in [2.24, 2.45) is 7.05 Å². The van der Waals surface area contributed by atoms with Crippen LogP contribution in [0.1, 0.15) is 0 Å². The van der Waals surface area contributed by atoms with Gasteiger partial charge in [0.05, 0.1) is 5.69 Å². The molecule has 0 radical (unpaired) electrons. The normalized spacial score (nSPS) is 10.1. The average molecular weight is 186 g/mol. The summed E-state index contributed by atoms with van der Waals surface area (Å²) in [5.41, 5.74) is 1.66. The first-order valence-electron chi connectivity index (χ1n) is 4.35. The summed E-state index contributed by atoms with van der Waals surface area (Å²) in [5, 5.41) is 0. The molecular formula is C11H10N2O. The third-order valence-electron chi connectivity index (χ3n) is 2.06. The van der Waals surface area contributed by atoms with E-state index in [1.807, 2.05) is 24.3 Å². The summed E-state index contributed by atoms with van der Waals surface area (Å²) < 4.78 is 1.53. The molecule has 0 amide bonds. The molecule has 0 unspecified atom stereocenters. The average Bonchev–Trinajstić information content (AvgIpc) is 2.23. The lowest BCUT2D eigenvalue weighted by molar-refractivity contribution is 0.861. The maximum Gasteiger partial charge on any atom is 0.250 e. The van der Waals surface area contributed by atoms with Crippen molar-refractivity contribution in [3.8, 4) is 11.3 Å². The minimum Gasteiger partial charge on any atom is -0.319 e. The number of aryl methyl sites for hydroxylation is 1.